The third kappa shape index (κ3) is 9.43. The monoisotopic (exact) mass is 273 g/mol. The smallest absolute Gasteiger partial charge is 0.0848 e. The zero-order valence-electron chi connectivity index (χ0n) is 13.4. The highest BCUT2D eigenvalue weighted by atomic mass is 19.0. The molecule has 0 aromatic heterocycles. The summed E-state index contributed by atoms with van der Waals surface area (Å²) in [6, 6.07) is 0.948. The van der Waals surface area contributed by atoms with E-state index < -0.39 is 0 Å². The van der Waals surface area contributed by atoms with Gasteiger partial charge in [-0.3, -0.25) is 0 Å². The molecule has 1 nitrogen and oxygen atoms in total. The third-order valence-electron chi connectivity index (χ3n) is 4.68. The zero-order chi connectivity index (χ0) is 13.1. The summed E-state index contributed by atoms with van der Waals surface area (Å²) in [6.45, 7) is 7.61. The van der Waals surface area contributed by atoms with Gasteiger partial charge < -0.3 is 9.60 Å². The fraction of sp³-hybridized carbons (Fsp3) is 1.00. The Morgan fingerprint density at radius 3 is 1.84 bits per heavy atom. The van der Waals surface area contributed by atoms with Crippen LogP contribution in [0.1, 0.15) is 90.9 Å². The number of likely N-dealkylation sites (tertiary alicyclic amines) is 1. The van der Waals surface area contributed by atoms with Crippen LogP contribution in [0.15, 0.2) is 0 Å². The first-order chi connectivity index (χ1) is 8.84. The SMILES string of the molecule is CCCCCCCCCCCC[NH+]1CCCC1C.[F-]. The van der Waals surface area contributed by atoms with Gasteiger partial charge in [-0.05, 0) is 19.8 Å². The molecule has 1 aliphatic rings. The molecule has 0 amide bonds. The average Bonchev–Trinajstić information content (AvgIpc) is 2.77. The number of halogens is 1. The molecule has 2 atom stereocenters. The summed E-state index contributed by atoms with van der Waals surface area (Å²) < 4.78 is 0. The van der Waals surface area contributed by atoms with Crippen molar-refractivity contribution in [3.63, 3.8) is 0 Å². The number of quaternary nitrogens is 1. The van der Waals surface area contributed by atoms with Crippen LogP contribution in [0.3, 0.4) is 0 Å². The highest BCUT2D eigenvalue weighted by Crippen LogP contribution is 2.10. The van der Waals surface area contributed by atoms with Gasteiger partial charge in [0.1, 0.15) is 0 Å². The molecular formula is C17H36FN. The number of rotatable bonds is 11. The van der Waals surface area contributed by atoms with Gasteiger partial charge in [0, 0.05) is 12.8 Å². The van der Waals surface area contributed by atoms with E-state index in [1.165, 1.54) is 90.1 Å². The second-order valence-corrected chi connectivity index (χ2v) is 6.38. The van der Waals surface area contributed by atoms with E-state index in [1.807, 2.05) is 4.90 Å². The van der Waals surface area contributed by atoms with Gasteiger partial charge in [0.25, 0.3) is 0 Å². The van der Waals surface area contributed by atoms with Gasteiger partial charge >= 0.3 is 0 Å². The lowest BCUT2D eigenvalue weighted by atomic mass is 10.1. The van der Waals surface area contributed by atoms with Crippen molar-refractivity contribution in [3.05, 3.63) is 0 Å². The molecule has 0 radical (unpaired) electrons. The van der Waals surface area contributed by atoms with Crippen LogP contribution in [-0.2, 0) is 0 Å². The minimum absolute atomic E-state index is 0. The Morgan fingerprint density at radius 1 is 0.842 bits per heavy atom. The number of unbranched alkanes of at least 4 members (excludes halogenated alkanes) is 9. The summed E-state index contributed by atoms with van der Waals surface area (Å²) in [5.74, 6) is 0. The summed E-state index contributed by atoms with van der Waals surface area (Å²) in [7, 11) is 0. The van der Waals surface area contributed by atoms with E-state index in [9.17, 15) is 0 Å². The van der Waals surface area contributed by atoms with Crippen LogP contribution in [0.4, 0.5) is 0 Å². The van der Waals surface area contributed by atoms with E-state index in [4.69, 9.17) is 0 Å². The van der Waals surface area contributed by atoms with Gasteiger partial charge in [0.15, 0.2) is 0 Å². The molecule has 116 valence electrons. The van der Waals surface area contributed by atoms with Crippen LogP contribution in [-0.4, -0.2) is 19.1 Å². The zero-order valence-corrected chi connectivity index (χ0v) is 13.4. The van der Waals surface area contributed by atoms with Crippen molar-refractivity contribution in [3.8, 4) is 0 Å². The Balaban J connectivity index is 0.00000324. The quantitative estimate of drug-likeness (QED) is 0.535. The highest BCUT2D eigenvalue weighted by molar-refractivity contribution is 4.56. The Kier molecular flexibility index (Phi) is 12.8. The summed E-state index contributed by atoms with van der Waals surface area (Å²) in [5, 5.41) is 0. The predicted molar refractivity (Wildman–Crippen MR) is 81.2 cm³/mol. The first-order valence-electron chi connectivity index (χ1n) is 8.69. The lowest BCUT2D eigenvalue weighted by Gasteiger charge is -2.17. The van der Waals surface area contributed by atoms with E-state index in [0.717, 1.165) is 6.04 Å². The van der Waals surface area contributed by atoms with Crippen LogP contribution in [0.2, 0.25) is 0 Å². The van der Waals surface area contributed by atoms with Gasteiger partial charge in [-0.25, -0.2) is 0 Å². The van der Waals surface area contributed by atoms with Crippen LogP contribution in [0.5, 0.6) is 0 Å². The molecule has 1 fully saturated rings. The van der Waals surface area contributed by atoms with Crippen molar-refractivity contribution in [1.82, 2.24) is 0 Å². The van der Waals surface area contributed by atoms with E-state index in [2.05, 4.69) is 13.8 Å². The van der Waals surface area contributed by atoms with Crippen molar-refractivity contribution < 1.29 is 9.60 Å². The first-order valence-corrected chi connectivity index (χ1v) is 8.69. The fourth-order valence-electron chi connectivity index (χ4n) is 3.30. The molecule has 0 aromatic rings. The molecule has 1 rings (SSSR count). The Labute approximate surface area is 120 Å². The van der Waals surface area contributed by atoms with Crippen LogP contribution < -0.4 is 9.60 Å². The molecule has 2 heteroatoms. The highest BCUT2D eigenvalue weighted by Gasteiger charge is 2.22. The van der Waals surface area contributed by atoms with Gasteiger partial charge in [-0.2, -0.15) is 0 Å². The minimum atomic E-state index is 0. The number of nitrogens with one attached hydrogen (secondary N) is 1. The Hall–Kier alpha value is -0.110. The molecule has 0 saturated carbocycles. The molecule has 2 unspecified atom stereocenters. The van der Waals surface area contributed by atoms with Crippen molar-refractivity contribution in [1.29, 1.82) is 0 Å². The first kappa shape index (κ1) is 18.9. The molecule has 1 saturated heterocycles. The van der Waals surface area contributed by atoms with Crippen LogP contribution in [0.25, 0.3) is 0 Å². The maximum absolute atomic E-state index is 2.43. The van der Waals surface area contributed by atoms with Crippen LogP contribution >= 0.6 is 0 Å². The largest absolute Gasteiger partial charge is 1.00 e. The summed E-state index contributed by atoms with van der Waals surface area (Å²) in [6.07, 6.45) is 17.6. The lowest BCUT2D eigenvalue weighted by Crippen LogP contribution is -3.13. The molecule has 1 N–H and O–H groups in total. The van der Waals surface area contributed by atoms with Gasteiger partial charge in [-0.1, -0.05) is 58.3 Å². The molecule has 0 aliphatic carbocycles. The molecule has 1 heterocycles. The lowest BCUT2D eigenvalue weighted by molar-refractivity contribution is -0.910. The van der Waals surface area contributed by atoms with Crippen molar-refractivity contribution in [2.45, 2.75) is 96.9 Å². The Bertz CT molecular complexity index is 184. The van der Waals surface area contributed by atoms with E-state index in [0.29, 0.717) is 0 Å². The normalized spacial score (nSPS) is 22.4. The second-order valence-electron chi connectivity index (χ2n) is 6.38. The standard InChI is InChI=1S/C17H35N.FH/c1-3-4-5-6-7-8-9-10-11-12-15-18-16-13-14-17(18)2;/h17H,3-16H2,1-2H3;1H. The molecule has 0 spiro atoms. The molecule has 0 aromatic carbocycles. The van der Waals surface area contributed by atoms with Crippen LogP contribution in [0, 0.1) is 0 Å². The fourth-order valence-corrected chi connectivity index (χ4v) is 3.30. The predicted octanol–water partition coefficient (Wildman–Crippen LogP) is 0.979. The molecular weight excluding hydrogens is 237 g/mol. The van der Waals surface area contributed by atoms with Crippen molar-refractivity contribution >= 4 is 0 Å². The second kappa shape index (κ2) is 12.9. The van der Waals surface area contributed by atoms with Crippen molar-refractivity contribution in [2.24, 2.45) is 0 Å². The minimum Gasteiger partial charge on any atom is -1.00 e. The summed E-state index contributed by atoms with van der Waals surface area (Å²) in [5.41, 5.74) is 0. The van der Waals surface area contributed by atoms with E-state index in [1.54, 1.807) is 0 Å². The average molecular weight is 273 g/mol. The Morgan fingerprint density at radius 2 is 1.37 bits per heavy atom. The van der Waals surface area contributed by atoms with Gasteiger partial charge in [0.2, 0.25) is 0 Å². The van der Waals surface area contributed by atoms with Gasteiger partial charge in [0.05, 0.1) is 19.1 Å². The molecule has 1 aliphatic heterocycles. The van der Waals surface area contributed by atoms with Crippen molar-refractivity contribution in [2.75, 3.05) is 13.1 Å². The maximum atomic E-state index is 2.43. The summed E-state index contributed by atoms with van der Waals surface area (Å²) >= 11 is 0. The van der Waals surface area contributed by atoms with E-state index >= 15 is 0 Å². The third-order valence-corrected chi connectivity index (χ3v) is 4.68. The maximum Gasteiger partial charge on any atom is 0.0848 e. The topological polar surface area (TPSA) is 4.44 Å². The van der Waals surface area contributed by atoms with Gasteiger partial charge in [-0.15, -0.1) is 0 Å². The summed E-state index contributed by atoms with van der Waals surface area (Å²) in [4.78, 5) is 1.88. The molecule has 0 bridgehead atoms. The molecule has 19 heavy (non-hydrogen) atoms. The number of hydrogen-bond acceptors (Lipinski definition) is 0. The number of hydrogen-bond donors (Lipinski definition) is 1. The van der Waals surface area contributed by atoms with E-state index in [-0.39, 0.29) is 4.70 Å².